The molecule has 104 valence electrons. The van der Waals surface area contributed by atoms with Crippen LogP contribution in [-0.4, -0.2) is 36.2 Å². The number of amides is 1. The second kappa shape index (κ2) is 6.04. The Kier molecular flexibility index (Phi) is 4.91. The van der Waals surface area contributed by atoms with Gasteiger partial charge in [-0.25, -0.2) is 0 Å². The van der Waals surface area contributed by atoms with E-state index in [1.807, 2.05) is 0 Å². The van der Waals surface area contributed by atoms with E-state index in [1.54, 1.807) is 38.1 Å². The first kappa shape index (κ1) is 15.5. The van der Waals surface area contributed by atoms with E-state index >= 15 is 0 Å². The minimum Gasteiger partial charge on any atom is -0.480 e. The SMILES string of the molecule is COC(C)(C)C(=O)N(CC(=O)O)c1ccc(Cl)cc1. The Balaban J connectivity index is 3.11. The zero-order chi connectivity index (χ0) is 14.6. The Morgan fingerprint density at radius 1 is 1.32 bits per heavy atom. The normalized spacial score (nSPS) is 11.2. The number of hydrogen-bond donors (Lipinski definition) is 1. The molecule has 1 amide bonds. The summed E-state index contributed by atoms with van der Waals surface area (Å²) in [5.41, 5.74) is -0.642. The number of nitrogens with zero attached hydrogens (tertiary/aromatic N) is 1. The van der Waals surface area contributed by atoms with Crippen LogP contribution in [0.1, 0.15) is 13.8 Å². The topological polar surface area (TPSA) is 66.8 Å². The Morgan fingerprint density at radius 3 is 2.26 bits per heavy atom. The third-order valence-corrected chi connectivity index (χ3v) is 2.95. The van der Waals surface area contributed by atoms with E-state index in [1.165, 1.54) is 7.11 Å². The number of halogens is 1. The van der Waals surface area contributed by atoms with Crippen molar-refractivity contribution in [1.29, 1.82) is 0 Å². The number of carbonyl (C=O) groups is 2. The molecule has 0 aliphatic heterocycles. The number of aliphatic carboxylic acids is 1. The fraction of sp³-hybridized carbons (Fsp3) is 0.385. The van der Waals surface area contributed by atoms with Crippen LogP contribution in [0.2, 0.25) is 5.02 Å². The summed E-state index contributed by atoms with van der Waals surface area (Å²) in [6.07, 6.45) is 0. The summed E-state index contributed by atoms with van der Waals surface area (Å²) < 4.78 is 5.10. The van der Waals surface area contributed by atoms with Crippen LogP contribution in [0.15, 0.2) is 24.3 Å². The molecule has 0 bridgehead atoms. The molecule has 0 aliphatic carbocycles. The lowest BCUT2D eigenvalue weighted by Crippen LogP contribution is -2.48. The zero-order valence-corrected chi connectivity index (χ0v) is 11.8. The molecule has 6 heteroatoms. The summed E-state index contributed by atoms with van der Waals surface area (Å²) in [7, 11) is 1.40. The van der Waals surface area contributed by atoms with E-state index in [-0.39, 0.29) is 0 Å². The van der Waals surface area contributed by atoms with Crippen molar-refractivity contribution >= 4 is 29.2 Å². The highest BCUT2D eigenvalue weighted by atomic mass is 35.5. The highest BCUT2D eigenvalue weighted by Gasteiger charge is 2.33. The first-order valence-corrected chi connectivity index (χ1v) is 6.00. The van der Waals surface area contributed by atoms with E-state index in [0.29, 0.717) is 10.7 Å². The average Bonchev–Trinajstić information content (AvgIpc) is 2.36. The number of carboxylic acid groups (broad SMARTS) is 1. The lowest BCUT2D eigenvalue weighted by Gasteiger charge is -2.30. The maximum absolute atomic E-state index is 12.3. The third-order valence-electron chi connectivity index (χ3n) is 2.70. The van der Waals surface area contributed by atoms with Crippen LogP contribution in [0, 0.1) is 0 Å². The molecule has 0 aromatic heterocycles. The van der Waals surface area contributed by atoms with Crippen LogP contribution in [0.5, 0.6) is 0 Å². The van der Waals surface area contributed by atoms with Gasteiger partial charge in [0.2, 0.25) is 0 Å². The van der Waals surface area contributed by atoms with Gasteiger partial charge in [-0.2, -0.15) is 0 Å². The van der Waals surface area contributed by atoms with E-state index in [2.05, 4.69) is 0 Å². The lowest BCUT2D eigenvalue weighted by atomic mass is 10.1. The van der Waals surface area contributed by atoms with Crippen molar-refractivity contribution < 1.29 is 19.4 Å². The number of methoxy groups -OCH3 is 1. The van der Waals surface area contributed by atoms with Crippen molar-refractivity contribution in [2.45, 2.75) is 19.4 Å². The molecule has 1 rings (SSSR count). The van der Waals surface area contributed by atoms with Crippen molar-refractivity contribution in [3.63, 3.8) is 0 Å². The highest BCUT2D eigenvalue weighted by molar-refractivity contribution is 6.30. The summed E-state index contributed by atoms with van der Waals surface area (Å²) in [5.74, 6) is -1.53. The maximum atomic E-state index is 12.3. The Bertz CT molecular complexity index is 470. The molecule has 1 N–H and O–H groups in total. The van der Waals surface area contributed by atoms with Crippen molar-refractivity contribution in [2.75, 3.05) is 18.6 Å². The quantitative estimate of drug-likeness (QED) is 0.900. The van der Waals surface area contributed by atoms with Crippen molar-refractivity contribution in [2.24, 2.45) is 0 Å². The Hall–Kier alpha value is -1.59. The number of carbonyl (C=O) groups excluding carboxylic acids is 1. The first-order chi connectivity index (χ1) is 8.77. The highest BCUT2D eigenvalue weighted by Crippen LogP contribution is 2.22. The van der Waals surface area contributed by atoms with Gasteiger partial charge in [-0.15, -0.1) is 0 Å². The molecular weight excluding hydrogens is 270 g/mol. The summed E-state index contributed by atoms with van der Waals surface area (Å²) in [6.45, 7) is 2.73. The van der Waals surface area contributed by atoms with Crippen LogP contribution in [0.3, 0.4) is 0 Å². The maximum Gasteiger partial charge on any atom is 0.323 e. The summed E-state index contributed by atoms with van der Waals surface area (Å²) in [4.78, 5) is 24.4. The summed E-state index contributed by atoms with van der Waals surface area (Å²) in [6, 6.07) is 6.38. The fourth-order valence-electron chi connectivity index (χ4n) is 1.45. The van der Waals surface area contributed by atoms with E-state index in [0.717, 1.165) is 4.90 Å². The van der Waals surface area contributed by atoms with E-state index in [4.69, 9.17) is 21.4 Å². The zero-order valence-electron chi connectivity index (χ0n) is 11.0. The van der Waals surface area contributed by atoms with Crippen LogP contribution < -0.4 is 4.90 Å². The Labute approximate surface area is 116 Å². The lowest BCUT2D eigenvalue weighted by molar-refractivity contribution is -0.141. The molecule has 1 aromatic carbocycles. The van der Waals surface area contributed by atoms with Crippen molar-refractivity contribution in [3.8, 4) is 0 Å². The van der Waals surface area contributed by atoms with Gasteiger partial charge < -0.3 is 9.84 Å². The van der Waals surface area contributed by atoms with Gasteiger partial charge in [0.25, 0.3) is 5.91 Å². The predicted octanol–water partition coefficient (Wildman–Crippen LogP) is 2.18. The van der Waals surface area contributed by atoms with Gasteiger partial charge in [0, 0.05) is 17.8 Å². The molecule has 0 saturated heterocycles. The number of hydrogen-bond acceptors (Lipinski definition) is 3. The van der Waals surface area contributed by atoms with Crippen LogP contribution in [-0.2, 0) is 14.3 Å². The molecule has 1 aromatic rings. The average molecular weight is 286 g/mol. The monoisotopic (exact) mass is 285 g/mol. The summed E-state index contributed by atoms with van der Waals surface area (Å²) >= 11 is 5.77. The standard InChI is InChI=1S/C13H16ClNO4/c1-13(2,19-3)12(18)15(8-11(16)17)10-6-4-9(14)5-7-10/h4-7H,8H2,1-3H3,(H,16,17). The minimum absolute atomic E-state index is 0.431. The van der Waals surface area contributed by atoms with Crippen LogP contribution in [0.4, 0.5) is 5.69 Å². The van der Waals surface area contributed by atoms with Gasteiger partial charge in [-0.05, 0) is 38.1 Å². The Morgan fingerprint density at radius 2 is 1.84 bits per heavy atom. The predicted molar refractivity (Wildman–Crippen MR) is 72.5 cm³/mol. The number of benzene rings is 1. The van der Waals surface area contributed by atoms with E-state index < -0.39 is 24.0 Å². The third kappa shape index (κ3) is 3.94. The van der Waals surface area contributed by atoms with Crippen LogP contribution >= 0.6 is 11.6 Å². The molecule has 0 heterocycles. The molecule has 0 fully saturated rings. The molecule has 5 nitrogen and oxygen atoms in total. The largest absolute Gasteiger partial charge is 0.480 e. The smallest absolute Gasteiger partial charge is 0.323 e. The molecule has 0 atom stereocenters. The van der Waals surface area contributed by atoms with Gasteiger partial charge in [-0.1, -0.05) is 11.6 Å². The summed E-state index contributed by atoms with van der Waals surface area (Å²) in [5, 5.41) is 9.44. The van der Waals surface area contributed by atoms with Crippen molar-refractivity contribution in [1.82, 2.24) is 0 Å². The van der Waals surface area contributed by atoms with E-state index in [9.17, 15) is 9.59 Å². The molecule has 0 radical (unpaired) electrons. The van der Waals surface area contributed by atoms with Gasteiger partial charge in [0.15, 0.2) is 0 Å². The molecule has 0 spiro atoms. The number of carboxylic acids is 1. The molecule has 19 heavy (non-hydrogen) atoms. The first-order valence-electron chi connectivity index (χ1n) is 5.62. The number of rotatable bonds is 5. The molecule has 0 aliphatic rings. The number of ether oxygens (including phenoxy) is 1. The molecular formula is C13H16ClNO4. The van der Waals surface area contributed by atoms with Gasteiger partial charge in [0.05, 0.1) is 0 Å². The van der Waals surface area contributed by atoms with Crippen LogP contribution in [0.25, 0.3) is 0 Å². The van der Waals surface area contributed by atoms with Gasteiger partial charge in [0.1, 0.15) is 12.1 Å². The second-order valence-corrected chi connectivity index (χ2v) is 4.91. The molecule has 0 unspecified atom stereocenters. The van der Waals surface area contributed by atoms with Gasteiger partial charge in [-0.3, -0.25) is 14.5 Å². The van der Waals surface area contributed by atoms with Crippen molar-refractivity contribution in [3.05, 3.63) is 29.3 Å². The van der Waals surface area contributed by atoms with Gasteiger partial charge >= 0.3 is 5.97 Å². The second-order valence-electron chi connectivity index (χ2n) is 4.48. The molecule has 0 saturated carbocycles. The number of anilines is 1. The fourth-order valence-corrected chi connectivity index (χ4v) is 1.57. The minimum atomic E-state index is -1.10.